The van der Waals surface area contributed by atoms with Crippen LogP contribution in [-0.2, 0) is 0 Å². The van der Waals surface area contributed by atoms with Crippen molar-refractivity contribution in [2.24, 2.45) is 0 Å². The molecular weight excluding hydrogens is 322 g/mol. The van der Waals surface area contributed by atoms with Crippen molar-refractivity contribution in [2.45, 2.75) is 38.3 Å². The highest BCUT2D eigenvalue weighted by Crippen LogP contribution is 2.26. The van der Waals surface area contributed by atoms with Crippen molar-refractivity contribution < 1.29 is 9.90 Å². The number of carbonyl (C=O) groups is 1. The van der Waals surface area contributed by atoms with Gasteiger partial charge in [-0.1, -0.05) is 18.0 Å². The third-order valence-electron chi connectivity index (χ3n) is 3.74. The third-order valence-corrected chi connectivity index (χ3v) is 5.07. The molecule has 22 heavy (non-hydrogen) atoms. The summed E-state index contributed by atoms with van der Waals surface area (Å²) in [6, 6.07) is 3.36. The number of rotatable bonds is 6. The first-order valence-corrected chi connectivity index (χ1v) is 8.94. The summed E-state index contributed by atoms with van der Waals surface area (Å²) >= 11 is 7.15. The van der Waals surface area contributed by atoms with E-state index >= 15 is 0 Å². The maximum absolute atomic E-state index is 11.9. The minimum atomic E-state index is -0.722. The number of aliphatic hydroxyl groups excluding tert-OH is 1. The molecule has 1 aliphatic heterocycles. The van der Waals surface area contributed by atoms with Crippen molar-refractivity contribution in [2.75, 3.05) is 26.2 Å². The van der Waals surface area contributed by atoms with Gasteiger partial charge in [0.25, 0.3) is 0 Å². The molecule has 0 spiro atoms. The van der Waals surface area contributed by atoms with Crippen LogP contribution in [-0.4, -0.2) is 48.3 Å². The van der Waals surface area contributed by atoms with Crippen LogP contribution >= 0.6 is 22.9 Å². The third kappa shape index (κ3) is 5.76. The zero-order chi connectivity index (χ0) is 15.9. The van der Waals surface area contributed by atoms with Crippen LogP contribution in [0.2, 0.25) is 4.34 Å². The second kappa shape index (κ2) is 8.72. The summed E-state index contributed by atoms with van der Waals surface area (Å²) in [7, 11) is 0. The minimum Gasteiger partial charge on any atom is -0.386 e. The Kier molecular flexibility index (Phi) is 6.95. The fourth-order valence-electron chi connectivity index (χ4n) is 2.65. The summed E-state index contributed by atoms with van der Waals surface area (Å²) in [5, 5.41) is 15.6. The van der Waals surface area contributed by atoms with Gasteiger partial charge in [0.05, 0.1) is 10.9 Å². The molecule has 0 aliphatic carbocycles. The normalized spacial score (nSPS) is 18.7. The number of urea groups is 1. The van der Waals surface area contributed by atoms with Crippen molar-refractivity contribution in [1.29, 1.82) is 0 Å². The summed E-state index contributed by atoms with van der Waals surface area (Å²) in [4.78, 5) is 15.0. The number of nitrogens with one attached hydrogen (secondary N) is 2. The van der Waals surface area contributed by atoms with Crippen LogP contribution in [0.25, 0.3) is 0 Å². The van der Waals surface area contributed by atoms with Gasteiger partial charge in [-0.25, -0.2) is 4.79 Å². The molecule has 5 nitrogen and oxygen atoms in total. The van der Waals surface area contributed by atoms with E-state index in [1.165, 1.54) is 30.6 Å². The lowest BCUT2D eigenvalue weighted by atomic mass is 10.1. The SMILES string of the molecule is C[C@@H](CN1CCCCC1)NC(=O)NC[C@@H](O)c1ccc(Cl)s1. The molecule has 0 unspecified atom stereocenters. The number of likely N-dealkylation sites (tertiary alicyclic amines) is 1. The largest absolute Gasteiger partial charge is 0.386 e. The van der Waals surface area contributed by atoms with Gasteiger partial charge in [0, 0.05) is 17.5 Å². The minimum absolute atomic E-state index is 0.0893. The zero-order valence-electron chi connectivity index (χ0n) is 12.8. The van der Waals surface area contributed by atoms with Gasteiger partial charge in [0.15, 0.2) is 0 Å². The maximum Gasteiger partial charge on any atom is 0.315 e. The van der Waals surface area contributed by atoms with Gasteiger partial charge >= 0.3 is 6.03 Å². The number of hydrogen-bond acceptors (Lipinski definition) is 4. The molecule has 2 amide bonds. The first kappa shape index (κ1) is 17.5. The van der Waals surface area contributed by atoms with Crippen LogP contribution in [0.1, 0.15) is 37.2 Å². The van der Waals surface area contributed by atoms with Gasteiger partial charge in [-0.15, -0.1) is 11.3 Å². The fraction of sp³-hybridized carbons (Fsp3) is 0.667. The van der Waals surface area contributed by atoms with Gasteiger partial charge < -0.3 is 20.6 Å². The molecule has 2 atom stereocenters. The molecule has 0 aromatic carbocycles. The molecule has 2 rings (SSSR count). The van der Waals surface area contributed by atoms with E-state index in [4.69, 9.17) is 11.6 Å². The standard InChI is InChI=1S/C15H24ClN3O2S/c1-11(10-19-7-3-2-4-8-19)18-15(21)17-9-12(20)13-5-6-14(16)22-13/h5-6,11-12,20H,2-4,7-10H2,1H3,(H2,17,18,21)/t11-,12+/m0/s1. The molecule has 124 valence electrons. The molecule has 1 aliphatic rings. The quantitative estimate of drug-likeness (QED) is 0.742. The number of nitrogens with zero attached hydrogens (tertiary/aromatic N) is 1. The Morgan fingerprint density at radius 1 is 1.41 bits per heavy atom. The smallest absolute Gasteiger partial charge is 0.315 e. The van der Waals surface area contributed by atoms with E-state index < -0.39 is 6.10 Å². The zero-order valence-corrected chi connectivity index (χ0v) is 14.4. The van der Waals surface area contributed by atoms with Gasteiger partial charge in [0.1, 0.15) is 6.10 Å². The second-order valence-corrected chi connectivity index (χ2v) is 7.52. The average Bonchev–Trinajstić information content (AvgIpc) is 2.92. The molecule has 3 N–H and O–H groups in total. The van der Waals surface area contributed by atoms with Crippen molar-refractivity contribution in [3.63, 3.8) is 0 Å². The number of halogens is 1. The molecule has 0 saturated carbocycles. The number of piperidine rings is 1. The van der Waals surface area contributed by atoms with E-state index in [0.717, 1.165) is 24.5 Å². The molecule has 1 saturated heterocycles. The van der Waals surface area contributed by atoms with E-state index in [0.29, 0.717) is 4.34 Å². The van der Waals surface area contributed by atoms with E-state index in [1.54, 1.807) is 12.1 Å². The number of aliphatic hydroxyl groups is 1. The topological polar surface area (TPSA) is 64.6 Å². The van der Waals surface area contributed by atoms with Gasteiger partial charge in [-0.05, 0) is 45.0 Å². The number of carbonyl (C=O) groups excluding carboxylic acids is 1. The molecule has 0 bridgehead atoms. The average molecular weight is 346 g/mol. The Morgan fingerprint density at radius 3 is 2.77 bits per heavy atom. The highest BCUT2D eigenvalue weighted by Gasteiger charge is 2.16. The van der Waals surface area contributed by atoms with E-state index in [2.05, 4.69) is 15.5 Å². The van der Waals surface area contributed by atoms with Crippen LogP contribution in [0.5, 0.6) is 0 Å². The van der Waals surface area contributed by atoms with Crippen LogP contribution in [0.3, 0.4) is 0 Å². The van der Waals surface area contributed by atoms with Gasteiger partial charge in [-0.3, -0.25) is 0 Å². The summed E-state index contributed by atoms with van der Waals surface area (Å²) < 4.78 is 0.633. The first-order chi connectivity index (χ1) is 10.5. The predicted octanol–water partition coefficient (Wildman–Crippen LogP) is 2.61. The lowest BCUT2D eigenvalue weighted by Gasteiger charge is -2.29. The Morgan fingerprint density at radius 2 is 2.14 bits per heavy atom. The number of amides is 2. The lowest BCUT2D eigenvalue weighted by Crippen LogP contribution is -2.47. The highest BCUT2D eigenvalue weighted by atomic mass is 35.5. The van der Waals surface area contributed by atoms with Crippen LogP contribution in [0, 0.1) is 0 Å². The summed E-state index contributed by atoms with van der Waals surface area (Å²) in [6.07, 6.45) is 3.08. The van der Waals surface area contributed by atoms with Crippen molar-refractivity contribution in [3.05, 3.63) is 21.3 Å². The fourth-order valence-corrected chi connectivity index (χ4v) is 3.69. The number of hydrogen-bond donors (Lipinski definition) is 3. The van der Waals surface area contributed by atoms with Crippen molar-refractivity contribution >= 4 is 29.0 Å². The van der Waals surface area contributed by atoms with Gasteiger partial charge in [0.2, 0.25) is 0 Å². The molecule has 2 heterocycles. The highest BCUT2D eigenvalue weighted by molar-refractivity contribution is 7.16. The molecule has 1 aromatic rings. The van der Waals surface area contributed by atoms with Crippen LogP contribution in [0.15, 0.2) is 12.1 Å². The molecule has 1 aromatic heterocycles. The first-order valence-electron chi connectivity index (χ1n) is 7.74. The Labute approximate surface area is 140 Å². The Hall–Kier alpha value is -0.820. The van der Waals surface area contributed by atoms with E-state index in [-0.39, 0.29) is 18.6 Å². The van der Waals surface area contributed by atoms with Crippen molar-refractivity contribution in [1.82, 2.24) is 15.5 Å². The molecular formula is C15H24ClN3O2S. The van der Waals surface area contributed by atoms with Crippen molar-refractivity contribution in [3.8, 4) is 0 Å². The van der Waals surface area contributed by atoms with Gasteiger partial charge in [-0.2, -0.15) is 0 Å². The molecule has 1 fully saturated rings. The van der Waals surface area contributed by atoms with Crippen LogP contribution in [0.4, 0.5) is 4.79 Å². The summed E-state index contributed by atoms with van der Waals surface area (Å²) in [6.45, 7) is 5.29. The summed E-state index contributed by atoms with van der Waals surface area (Å²) in [5.41, 5.74) is 0. The predicted molar refractivity (Wildman–Crippen MR) is 90.6 cm³/mol. The van der Waals surface area contributed by atoms with E-state index in [9.17, 15) is 9.90 Å². The molecule has 7 heteroatoms. The Bertz CT molecular complexity index is 477. The maximum atomic E-state index is 11.9. The van der Waals surface area contributed by atoms with E-state index in [1.807, 2.05) is 6.92 Å². The number of thiophene rings is 1. The van der Waals surface area contributed by atoms with Crippen LogP contribution < -0.4 is 10.6 Å². The monoisotopic (exact) mass is 345 g/mol. The molecule has 0 radical (unpaired) electrons. The second-order valence-electron chi connectivity index (χ2n) is 5.77. The Balaban J connectivity index is 1.66. The lowest BCUT2D eigenvalue weighted by molar-refractivity contribution is 0.173. The summed E-state index contributed by atoms with van der Waals surface area (Å²) in [5.74, 6) is 0.